The smallest absolute Gasteiger partial charge is 0.259 e. The lowest BCUT2D eigenvalue weighted by molar-refractivity contribution is -0.124. The van der Waals surface area contributed by atoms with Gasteiger partial charge in [0.15, 0.2) is 0 Å². The Balaban J connectivity index is 1.36. The van der Waals surface area contributed by atoms with E-state index in [-0.39, 0.29) is 49.3 Å². The van der Waals surface area contributed by atoms with Crippen LogP contribution in [0.5, 0.6) is 29.0 Å². The molecule has 0 saturated carbocycles. The third kappa shape index (κ3) is 7.38. The number of fused-ring (bicyclic) bond motifs is 5. The second-order valence-electron chi connectivity index (χ2n) is 10.5. The highest BCUT2D eigenvalue weighted by atomic mass is 16.5. The molecule has 0 spiro atoms. The topological polar surface area (TPSA) is 138 Å². The van der Waals surface area contributed by atoms with Crippen molar-refractivity contribution < 1.29 is 38.1 Å². The number of benzene rings is 2. The lowest BCUT2D eigenvalue weighted by Gasteiger charge is -2.39. The first kappa shape index (κ1) is 30.6. The van der Waals surface area contributed by atoms with E-state index in [1.54, 1.807) is 35.2 Å². The first-order valence-electron chi connectivity index (χ1n) is 14.4. The lowest BCUT2D eigenvalue weighted by Crippen LogP contribution is -2.57. The molecule has 2 aromatic carbocycles. The molecule has 2 aliphatic heterocycles. The predicted octanol–water partition coefficient (Wildman–Crippen LogP) is 3.34. The van der Waals surface area contributed by atoms with Crippen LogP contribution in [-0.2, 0) is 16.1 Å². The van der Waals surface area contributed by atoms with Crippen LogP contribution in [0.3, 0.4) is 0 Å². The number of carbonyl (C=O) groups is 3. The zero-order chi connectivity index (χ0) is 31.1. The van der Waals surface area contributed by atoms with E-state index in [1.165, 1.54) is 21.3 Å². The monoisotopic (exact) mass is 604 g/mol. The van der Waals surface area contributed by atoms with Gasteiger partial charge in [-0.1, -0.05) is 12.1 Å². The van der Waals surface area contributed by atoms with Gasteiger partial charge in [-0.15, -0.1) is 0 Å². The minimum absolute atomic E-state index is 0.162. The molecule has 2 N–H and O–H groups in total. The van der Waals surface area contributed by atoms with E-state index < -0.39 is 6.04 Å². The van der Waals surface area contributed by atoms with Gasteiger partial charge in [0.2, 0.25) is 17.7 Å². The molecular formula is C32H36N4O8. The molecular weight excluding hydrogens is 568 g/mol. The number of hydrogen-bond donors (Lipinski definition) is 2. The quantitative estimate of drug-likeness (QED) is 0.459. The number of amides is 3. The van der Waals surface area contributed by atoms with Crippen molar-refractivity contribution in [3.8, 4) is 29.0 Å². The minimum Gasteiger partial charge on any atom is -0.497 e. The molecule has 4 bridgehead atoms. The van der Waals surface area contributed by atoms with Crippen LogP contribution in [0.15, 0.2) is 54.6 Å². The largest absolute Gasteiger partial charge is 0.497 e. The number of methoxy groups -OCH3 is 3. The number of nitrogens with zero attached hydrogens (tertiary/aromatic N) is 2. The first-order chi connectivity index (χ1) is 21.4. The maximum Gasteiger partial charge on any atom is 0.259 e. The maximum absolute atomic E-state index is 13.5. The molecule has 44 heavy (non-hydrogen) atoms. The van der Waals surface area contributed by atoms with Crippen molar-refractivity contribution in [2.75, 3.05) is 41.0 Å². The van der Waals surface area contributed by atoms with Gasteiger partial charge >= 0.3 is 0 Å². The van der Waals surface area contributed by atoms with Gasteiger partial charge in [-0.05, 0) is 48.7 Å². The van der Waals surface area contributed by atoms with E-state index in [1.807, 2.05) is 24.3 Å². The molecule has 2 atom stereocenters. The SMILES string of the molecule is COc1cc2cc(c1)C(=O)NCCCC(=O)N[C@H]1CN(C(=O)c3ccc(OC)nc3OC)CC[C@@H]1OCc1cccc(c1)O2. The molecule has 3 heterocycles. The Kier molecular flexibility index (Phi) is 9.80. The van der Waals surface area contributed by atoms with Crippen LogP contribution >= 0.6 is 0 Å². The zero-order valence-corrected chi connectivity index (χ0v) is 25.0. The van der Waals surface area contributed by atoms with Gasteiger partial charge in [-0.25, -0.2) is 0 Å². The highest BCUT2D eigenvalue weighted by molar-refractivity contribution is 5.97. The number of ether oxygens (including phenoxy) is 5. The number of nitrogens with one attached hydrogen (secondary N) is 2. The van der Waals surface area contributed by atoms with Crippen molar-refractivity contribution in [3.63, 3.8) is 0 Å². The van der Waals surface area contributed by atoms with Crippen molar-refractivity contribution in [1.29, 1.82) is 0 Å². The van der Waals surface area contributed by atoms with Gasteiger partial charge in [0, 0.05) is 43.8 Å². The van der Waals surface area contributed by atoms with Crippen LogP contribution < -0.4 is 29.6 Å². The third-order valence-electron chi connectivity index (χ3n) is 7.49. The number of likely N-dealkylation sites (tertiary alicyclic amines) is 1. The van der Waals surface area contributed by atoms with E-state index in [2.05, 4.69) is 15.6 Å². The summed E-state index contributed by atoms with van der Waals surface area (Å²) >= 11 is 0. The molecule has 1 fully saturated rings. The fraction of sp³-hybridized carbons (Fsp3) is 0.375. The number of pyridine rings is 1. The van der Waals surface area contributed by atoms with E-state index in [0.29, 0.717) is 60.2 Å². The summed E-state index contributed by atoms with van der Waals surface area (Å²) in [6, 6.07) is 15.2. The van der Waals surface area contributed by atoms with Gasteiger partial charge in [0.05, 0.1) is 40.1 Å². The summed E-state index contributed by atoms with van der Waals surface area (Å²) in [5.41, 5.74) is 1.54. The second-order valence-corrected chi connectivity index (χ2v) is 10.5. The predicted molar refractivity (Wildman–Crippen MR) is 159 cm³/mol. The Bertz CT molecular complexity index is 1510. The molecule has 1 saturated heterocycles. The normalized spacial score (nSPS) is 19.2. The van der Waals surface area contributed by atoms with Crippen molar-refractivity contribution in [3.05, 3.63) is 71.3 Å². The number of carbonyl (C=O) groups excluding carboxylic acids is 3. The summed E-state index contributed by atoms with van der Waals surface area (Å²) in [5, 5.41) is 5.92. The number of piperidine rings is 1. The summed E-state index contributed by atoms with van der Waals surface area (Å²) in [7, 11) is 4.46. The molecule has 3 aromatic rings. The van der Waals surface area contributed by atoms with E-state index >= 15 is 0 Å². The molecule has 12 heteroatoms. The Labute approximate surface area is 255 Å². The van der Waals surface area contributed by atoms with E-state index in [4.69, 9.17) is 23.7 Å². The number of hydrogen-bond acceptors (Lipinski definition) is 9. The van der Waals surface area contributed by atoms with Crippen LogP contribution in [0.4, 0.5) is 0 Å². The van der Waals surface area contributed by atoms with Gasteiger partial charge in [-0.3, -0.25) is 14.4 Å². The second kappa shape index (κ2) is 14.1. The molecule has 12 nitrogen and oxygen atoms in total. The molecule has 2 aliphatic rings. The molecule has 3 amide bonds. The van der Waals surface area contributed by atoms with Crippen LogP contribution in [0.2, 0.25) is 0 Å². The van der Waals surface area contributed by atoms with E-state index in [9.17, 15) is 14.4 Å². The molecule has 0 unspecified atom stereocenters. The van der Waals surface area contributed by atoms with Crippen molar-refractivity contribution in [1.82, 2.24) is 20.5 Å². The van der Waals surface area contributed by atoms with Crippen molar-refractivity contribution >= 4 is 17.7 Å². The van der Waals surface area contributed by atoms with Gasteiger partial charge in [-0.2, -0.15) is 4.98 Å². The average molecular weight is 605 g/mol. The minimum atomic E-state index is -0.461. The van der Waals surface area contributed by atoms with Crippen LogP contribution in [0.1, 0.15) is 45.5 Å². The van der Waals surface area contributed by atoms with Crippen LogP contribution in [0.25, 0.3) is 0 Å². The fourth-order valence-corrected chi connectivity index (χ4v) is 5.23. The van der Waals surface area contributed by atoms with Gasteiger partial charge in [0.25, 0.3) is 11.8 Å². The Morgan fingerprint density at radius 1 is 1.00 bits per heavy atom. The first-order valence-corrected chi connectivity index (χ1v) is 14.4. The fourth-order valence-electron chi connectivity index (χ4n) is 5.23. The van der Waals surface area contributed by atoms with Gasteiger partial charge in [0.1, 0.15) is 22.8 Å². The Morgan fingerprint density at radius 2 is 1.86 bits per heavy atom. The third-order valence-corrected chi connectivity index (χ3v) is 7.49. The van der Waals surface area contributed by atoms with Gasteiger partial charge < -0.3 is 39.2 Å². The summed E-state index contributed by atoms with van der Waals surface area (Å²) in [5.74, 6) is 1.23. The Hall–Kier alpha value is -4.84. The molecule has 0 radical (unpaired) electrons. The highest BCUT2D eigenvalue weighted by Gasteiger charge is 2.34. The summed E-state index contributed by atoms with van der Waals surface area (Å²) < 4.78 is 28.3. The molecule has 5 rings (SSSR count). The lowest BCUT2D eigenvalue weighted by atomic mass is 10.00. The highest BCUT2D eigenvalue weighted by Crippen LogP contribution is 2.29. The average Bonchev–Trinajstić information content (AvgIpc) is 3.04. The summed E-state index contributed by atoms with van der Waals surface area (Å²) in [6.45, 7) is 1.21. The summed E-state index contributed by atoms with van der Waals surface area (Å²) in [4.78, 5) is 45.4. The summed E-state index contributed by atoms with van der Waals surface area (Å²) in [6.07, 6.45) is 0.761. The molecule has 1 aromatic heterocycles. The maximum atomic E-state index is 13.5. The standard InChI is InChI=1S/C32H36N4O8/c1-40-23-15-21-16-24(17-23)44-22-7-4-6-20(14-22)19-43-27-11-13-36(18-26(27)34-28(37)8-5-12-33-30(21)38)32(39)25-9-10-29(41-2)35-31(25)42-3/h4,6-7,9-10,14-17,26-27H,5,8,11-13,18-19H2,1-3H3,(H,33,38)(H,34,37)/t26-,27-/m0/s1. The van der Waals surface area contributed by atoms with Crippen LogP contribution in [0, 0.1) is 0 Å². The number of aromatic nitrogens is 1. The van der Waals surface area contributed by atoms with E-state index in [0.717, 1.165) is 5.56 Å². The zero-order valence-electron chi connectivity index (χ0n) is 25.0. The number of rotatable bonds is 4. The molecule has 232 valence electrons. The van der Waals surface area contributed by atoms with Crippen LogP contribution in [-0.4, -0.2) is 80.7 Å². The molecule has 0 aliphatic carbocycles. The van der Waals surface area contributed by atoms with Crippen molar-refractivity contribution in [2.45, 2.75) is 38.0 Å². The van der Waals surface area contributed by atoms with Crippen molar-refractivity contribution in [2.24, 2.45) is 0 Å². The Morgan fingerprint density at radius 3 is 2.66 bits per heavy atom.